The van der Waals surface area contributed by atoms with Crippen molar-refractivity contribution in [2.75, 3.05) is 0 Å². The quantitative estimate of drug-likeness (QED) is 0.447. The molecule has 0 atom stereocenters. The molecule has 2 nitrogen and oxygen atoms in total. The van der Waals surface area contributed by atoms with Crippen molar-refractivity contribution in [2.24, 2.45) is 0 Å². The van der Waals surface area contributed by atoms with Gasteiger partial charge in [-0.3, -0.25) is 0 Å². The number of benzene rings is 1. The van der Waals surface area contributed by atoms with Gasteiger partial charge in [0.2, 0.25) is 0 Å². The maximum absolute atomic E-state index is 11.7. The SMILES string of the molecule is C=C(C)c1ccc(C)cc1OC(=O)/C(C)=C\C. The summed E-state index contributed by atoms with van der Waals surface area (Å²) in [6.07, 6.45) is 1.73. The summed E-state index contributed by atoms with van der Waals surface area (Å²) in [5.74, 6) is 0.254. The van der Waals surface area contributed by atoms with Crippen LogP contribution in [0.3, 0.4) is 0 Å². The van der Waals surface area contributed by atoms with Crippen molar-refractivity contribution in [3.63, 3.8) is 0 Å². The molecule has 0 unspecified atom stereocenters. The molecule has 1 rings (SSSR count). The first-order valence-corrected chi connectivity index (χ1v) is 5.57. The van der Waals surface area contributed by atoms with Crippen LogP contribution in [0.1, 0.15) is 31.9 Å². The molecule has 90 valence electrons. The molecule has 0 amide bonds. The Morgan fingerprint density at radius 2 is 2.00 bits per heavy atom. The number of rotatable bonds is 3. The van der Waals surface area contributed by atoms with Gasteiger partial charge in [0.25, 0.3) is 0 Å². The van der Waals surface area contributed by atoms with Gasteiger partial charge in [-0.15, -0.1) is 0 Å². The topological polar surface area (TPSA) is 26.3 Å². The third-order valence-electron chi connectivity index (χ3n) is 2.55. The number of esters is 1. The van der Waals surface area contributed by atoms with E-state index in [0.717, 1.165) is 16.7 Å². The number of aryl methyl sites for hydroxylation is 1. The zero-order valence-corrected chi connectivity index (χ0v) is 10.8. The molecular formula is C15H18O2. The second-order valence-corrected chi connectivity index (χ2v) is 4.14. The van der Waals surface area contributed by atoms with E-state index in [1.807, 2.05) is 39.0 Å². The van der Waals surface area contributed by atoms with Gasteiger partial charge in [-0.1, -0.05) is 24.8 Å². The standard InChI is InChI=1S/C15H18O2/c1-6-12(5)15(16)17-14-9-11(4)7-8-13(14)10(2)3/h6-9H,2H2,1,3-5H3/b12-6-. The van der Waals surface area contributed by atoms with Crippen molar-refractivity contribution in [3.8, 4) is 5.75 Å². The molecule has 1 aromatic carbocycles. The normalized spacial score (nSPS) is 11.2. The van der Waals surface area contributed by atoms with Gasteiger partial charge in [-0.2, -0.15) is 0 Å². The molecule has 0 fully saturated rings. The monoisotopic (exact) mass is 230 g/mol. The largest absolute Gasteiger partial charge is 0.423 e. The number of hydrogen-bond acceptors (Lipinski definition) is 2. The van der Waals surface area contributed by atoms with E-state index in [-0.39, 0.29) is 5.97 Å². The second-order valence-electron chi connectivity index (χ2n) is 4.14. The highest BCUT2D eigenvalue weighted by Gasteiger charge is 2.11. The molecule has 0 aliphatic carbocycles. The molecule has 0 bridgehead atoms. The van der Waals surface area contributed by atoms with E-state index >= 15 is 0 Å². The summed E-state index contributed by atoms with van der Waals surface area (Å²) in [7, 11) is 0. The van der Waals surface area contributed by atoms with Crippen molar-refractivity contribution in [3.05, 3.63) is 47.6 Å². The zero-order valence-electron chi connectivity index (χ0n) is 10.8. The van der Waals surface area contributed by atoms with Crippen LogP contribution in [0.4, 0.5) is 0 Å². The maximum Gasteiger partial charge on any atom is 0.338 e. The molecular weight excluding hydrogens is 212 g/mol. The highest BCUT2D eigenvalue weighted by atomic mass is 16.5. The third kappa shape index (κ3) is 3.31. The van der Waals surface area contributed by atoms with Crippen molar-refractivity contribution in [2.45, 2.75) is 27.7 Å². The van der Waals surface area contributed by atoms with Crippen LogP contribution in [-0.4, -0.2) is 5.97 Å². The van der Waals surface area contributed by atoms with Crippen molar-refractivity contribution >= 4 is 11.5 Å². The van der Waals surface area contributed by atoms with E-state index in [4.69, 9.17) is 4.74 Å². The predicted octanol–water partition coefficient (Wildman–Crippen LogP) is 3.90. The van der Waals surface area contributed by atoms with Gasteiger partial charge in [0.15, 0.2) is 0 Å². The summed E-state index contributed by atoms with van der Waals surface area (Å²) < 4.78 is 5.37. The van der Waals surface area contributed by atoms with Crippen LogP contribution in [0, 0.1) is 6.92 Å². The lowest BCUT2D eigenvalue weighted by Gasteiger charge is -2.11. The second kappa shape index (κ2) is 5.48. The number of carbonyl (C=O) groups is 1. The van der Waals surface area contributed by atoms with Crippen molar-refractivity contribution < 1.29 is 9.53 Å². The minimum Gasteiger partial charge on any atom is -0.423 e. The summed E-state index contributed by atoms with van der Waals surface area (Å²) in [4.78, 5) is 11.7. The summed E-state index contributed by atoms with van der Waals surface area (Å²) in [6, 6.07) is 5.75. The lowest BCUT2D eigenvalue weighted by molar-refractivity contribution is -0.130. The molecule has 0 N–H and O–H groups in total. The first-order valence-electron chi connectivity index (χ1n) is 5.57. The predicted molar refractivity (Wildman–Crippen MR) is 71.0 cm³/mol. The van der Waals surface area contributed by atoms with Crippen LogP contribution >= 0.6 is 0 Å². The van der Waals surface area contributed by atoms with Gasteiger partial charge >= 0.3 is 5.97 Å². The van der Waals surface area contributed by atoms with E-state index < -0.39 is 0 Å². The van der Waals surface area contributed by atoms with Crippen LogP contribution in [0.15, 0.2) is 36.4 Å². The Balaban J connectivity index is 3.09. The molecule has 0 radical (unpaired) electrons. The van der Waals surface area contributed by atoms with Gasteiger partial charge in [0.1, 0.15) is 5.75 Å². The van der Waals surface area contributed by atoms with Crippen LogP contribution in [0.25, 0.3) is 5.57 Å². The average Bonchev–Trinajstić information content (AvgIpc) is 2.27. The number of allylic oxidation sites excluding steroid dienone is 2. The fourth-order valence-electron chi connectivity index (χ4n) is 1.36. The fraction of sp³-hybridized carbons (Fsp3) is 0.267. The molecule has 0 saturated heterocycles. The first-order chi connectivity index (χ1) is 7.95. The molecule has 0 saturated carbocycles. The Bertz CT molecular complexity index is 482. The van der Waals surface area contributed by atoms with E-state index in [2.05, 4.69) is 6.58 Å². The van der Waals surface area contributed by atoms with E-state index in [0.29, 0.717) is 11.3 Å². The Morgan fingerprint density at radius 3 is 2.53 bits per heavy atom. The van der Waals surface area contributed by atoms with E-state index in [1.165, 1.54) is 0 Å². The zero-order chi connectivity index (χ0) is 13.0. The third-order valence-corrected chi connectivity index (χ3v) is 2.55. The Morgan fingerprint density at radius 1 is 1.35 bits per heavy atom. The van der Waals surface area contributed by atoms with Crippen LogP contribution in [0.2, 0.25) is 0 Å². The van der Waals surface area contributed by atoms with Crippen LogP contribution in [-0.2, 0) is 4.79 Å². The first kappa shape index (κ1) is 13.2. The lowest BCUT2D eigenvalue weighted by Crippen LogP contribution is -2.10. The smallest absolute Gasteiger partial charge is 0.338 e. The van der Waals surface area contributed by atoms with Gasteiger partial charge in [0, 0.05) is 11.1 Å². The Kier molecular flexibility index (Phi) is 4.27. The number of hydrogen-bond donors (Lipinski definition) is 0. The van der Waals surface area contributed by atoms with Crippen molar-refractivity contribution in [1.82, 2.24) is 0 Å². The summed E-state index contributed by atoms with van der Waals surface area (Å²) in [6.45, 7) is 11.3. The Hall–Kier alpha value is -1.83. The fourth-order valence-corrected chi connectivity index (χ4v) is 1.36. The van der Waals surface area contributed by atoms with E-state index in [1.54, 1.807) is 13.0 Å². The Labute approximate surface area is 103 Å². The number of ether oxygens (including phenoxy) is 1. The van der Waals surface area contributed by atoms with Crippen LogP contribution in [0.5, 0.6) is 5.75 Å². The van der Waals surface area contributed by atoms with Gasteiger partial charge < -0.3 is 4.74 Å². The van der Waals surface area contributed by atoms with E-state index in [9.17, 15) is 4.79 Å². The minimum absolute atomic E-state index is 0.319. The lowest BCUT2D eigenvalue weighted by atomic mass is 10.1. The molecule has 0 heterocycles. The molecule has 0 aliphatic heterocycles. The van der Waals surface area contributed by atoms with Crippen LogP contribution < -0.4 is 4.74 Å². The van der Waals surface area contributed by atoms with Gasteiger partial charge in [-0.25, -0.2) is 4.79 Å². The molecule has 0 aromatic heterocycles. The molecule has 0 spiro atoms. The molecule has 0 aliphatic rings. The highest BCUT2D eigenvalue weighted by molar-refractivity contribution is 5.90. The van der Waals surface area contributed by atoms with Gasteiger partial charge in [-0.05, 0) is 44.9 Å². The van der Waals surface area contributed by atoms with Crippen molar-refractivity contribution in [1.29, 1.82) is 0 Å². The maximum atomic E-state index is 11.7. The number of carbonyl (C=O) groups excluding carboxylic acids is 1. The average molecular weight is 230 g/mol. The molecule has 2 heteroatoms. The molecule has 1 aromatic rings. The summed E-state index contributed by atoms with van der Waals surface area (Å²) in [5.41, 5.74) is 3.40. The van der Waals surface area contributed by atoms with Gasteiger partial charge in [0.05, 0.1) is 0 Å². The summed E-state index contributed by atoms with van der Waals surface area (Å²) in [5, 5.41) is 0. The highest BCUT2D eigenvalue weighted by Crippen LogP contribution is 2.26. The summed E-state index contributed by atoms with van der Waals surface area (Å²) >= 11 is 0. The molecule has 17 heavy (non-hydrogen) atoms. The minimum atomic E-state index is -0.319.